The van der Waals surface area contributed by atoms with Crippen LogP contribution in [0, 0.1) is 5.92 Å². The van der Waals surface area contributed by atoms with E-state index in [0.29, 0.717) is 18.4 Å². The molecule has 134 valence electrons. The first-order valence-electron chi connectivity index (χ1n) is 7.92. The number of sulfone groups is 1. The van der Waals surface area contributed by atoms with Crippen LogP contribution in [-0.4, -0.2) is 44.5 Å². The Labute approximate surface area is 154 Å². The zero-order valence-electron chi connectivity index (χ0n) is 14.9. The Bertz CT molecular complexity index is 413. The van der Waals surface area contributed by atoms with E-state index in [1.54, 1.807) is 20.8 Å². The molecule has 0 bridgehead atoms. The van der Waals surface area contributed by atoms with Crippen LogP contribution in [0.2, 0.25) is 0 Å². The van der Waals surface area contributed by atoms with E-state index in [1.807, 2.05) is 6.92 Å². The molecule has 0 aliphatic carbocycles. The molecule has 0 saturated carbocycles. The second-order valence-corrected chi connectivity index (χ2v) is 9.12. The summed E-state index contributed by atoms with van der Waals surface area (Å²) in [5.41, 5.74) is 0. The molecule has 0 saturated heterocycles. The SMILES string of the molecule is CCNC(=NCC(CC)CC)NCCS(=O)(=O)C(C)(C)C.I. The number of halogens is 1. The van der Waals surface area contributed by atoms with Gasteiger partial charge in [0.05, 0.1) is 10.5 Å². The van der Waals surface area contributed by atoms with Crippen molar-refractivity contribution in [2.24, 2.45) is 10.9 Å². The molecule has 7 heteroatoms. The minimum Gasteiger partial charge on any atom is -0.357 e. The number of rotatable bonds is 8. The maximum atomic E-state index is 12.0. The van der Waals surface area contributed by atoms with Gasteiger partial charge >= 0.3 is 0 Å². The molecule has 0 heterocycles. The van der Waals surface area contributed by atoms with E-state index in [1.165, 1.54) is 0 Å². The van der Waals surface area contributed by atoms with E-state index in [9.17, 15) is 8.42 Å². The van der Waals surface area contributed by atoms with Gasteiger partial charge in [0.2, 0.25) is 0 Å². The molecule has 0 radical (unpaired) electrons. The topological polar surface area (TPSA) is 70.6 Å². The normalized spacial score (nSPS) is 13.0. The van der Waals surface area contributed by atoms with Gasteiger partial charge in [-0.3, -0.25) is 4.99 Å². The molecule has 0 aliphatic heterocycles. The van der Waals surface area contributed by atoms with Crippen LogP contribution in [0.1, 0.15) is 54.4 Å². The smallest absolute Gasteiger partial charge is 0.191 e. The molecule has 0 aromatic carbocycles. The number of hydrogen-bond acceptors (Lipinski definition) is 3. The summed E-state index contributed by atoms with van der Waals surface area (Å²) in [6.07, 6.45) is 2.22. The molecule has 0 amide bonds. The van der Waals surface area contributed by atoms with E-state index in [-0.39, 0.29) is 29.7 Å². The van der Waals surface area contributed by atoms with Gasteiger partial charge in [0.1, 0.15) is 0 Å². The van der Waals surface area contributed by atoms with E-state index in [0.717, 1.165) is 25.9 Å². The molecule has 0 atom stereocenters. The number of aliphatic imine (C=N–C) groups is 1. The number of nitrogens with one attached hydrogen (secondary N) is 2. The third kappa shape index (κ3) is 9.17. The lowest BCUT2D eigenvalue weighted by atomic mass is 10.0. The zero-order valence-corrected chi connectivity index (χ0v) is 18.0. The lowest BCUT2D eigenvalue weighted by Gasteiger charge is -2.20. The van der Waals surface area contributed by atoms with Crippen molar-refractivity contribution in [3.8, 4) is 0 Å². The van der Waals surface area contributed by atoms with Crippen LogP contribution in [0.3, 0.4) is 0 Å². The molecule has 0 rings (SSSR count). The molecule has 0 aliphatic rings. The standard InChI is InChI=1S/C15H33N3O2S.HI/c1-7-13(8-2)12-18-14(16-9-3)17-10-11-21(19,20)15(4,5)6;/h13H,7-12H2,1-6H3,(H2,16,17,18);1H. The summed E-state index contributed by atoms with van der Waals surface area (Å²) < 4.78 is 23.4. The van der Waals surface area contributed by atoms with Crippen LogP contribution in [-0.2, 0) is 9.84 Å². The summed E-state index contributed by atoms with van der Waals surface area (Å²) in [6, 6.07) is 0. The van der Waals surface area contributed by atoms with Crippen LogP contribution >= 0.6 is 24.0 Å². The predicted octanol–water partition coefficient (Wildman–Crippen LogP) is 2.81. The fraction of sp³-hybridized carbons (Fsp3) is 0.933. The van der Waals surface area contributed by atoms with Crippen molar-refractivity contribution >= 4 is 39.8 Å². The molecule has 0 aromatic heterocycles. The van der Waals surface area contributed by atoms with Crippen LogP contribution < -0.4 is 10.6 Å². The van der Waals surface area contributed by atoms with Crippen molar-refractivity contribution in [1.29, 1.82) is 0 Å². The van der Waals surface area contributed by atoms with Crippen molar-refractivity contribution in [3.63, 3.8) is 0 Å². The zero-order chi connectivity index (χ0) is 16.5. The molecule has 5 nitrogen and oxygen atoms in total. The van der Waals surface area contributed by atoms with Crippen molar-refractivity contribution in [3.05, 3.63) is 0 Å². The average Bonchev–Trinajstić information content (AvgIpc) is 2.38. The summed E-state index contributed by atoms with van der Waals surface area (Å²) in [5.74, 6) is 1.40. The van der Waals surface area contributed by atoms with Crippen molar-refractivity contribution in [1.82, 2.24) is 10.6 Å². The Morgan fingerprint density at radius 3 is 2.05 bits per heavy atom. The molecule has 0 aromatic rings. The summed E-state index contributed by atoms with van der Waals surface area (Å²) in [5, 5.41) is 6.27. The summed E-state index contributed by atoms with van der Waals surface area (Å²) in [6.45, 7) is 13.4. The Hall–Kier alpha value is -0.0500. The quantitative estimate of drug-likeness (QED) is 0.341. The minimum atomic E-state index is -3.09. The monoisotopic (exact) mass is 447 g/mol. The lowest BCUT2D eigenvalue weighted by molar-refractivity contribution is 0.504. The lowest BCUT2D eigenvalue weighted by Crippen LogP contribution is -2.42. The fourth-order valence-electron chi connectivity index (χ4n) is 1.72. The van der Waals surface area contributed by atoms with Crippen molar-refractivity contribution in [2.75, 3.05) is 25.4 Å². The van der Waals surface area contributed by atoms with E-state index in [4.69, 9.17) is 0 Å². The highest BCUT2D eigenvalue weighted by Gasteiger charge is 2.28. The Balaban J connectivity index is 0. The highest BCUT2D eigenvalue weighted by atomic mass is 127. The maximum Gasteiger partial charge on any atom is 0.191 e. The summed E-state index contributed by atoms with van der Waals surface area (Å²) in [7, 11) is -3.09. The Kier molecular flexibility index (Phi) is 12.6. The van der Waals surface area contributed by atoms with Crippen LogP contribution in [0.15, 0.2) is 4.99 Å². The Morgan fingerprint density at radius 1 is 1.09 bits per heavy atom. The first-order valence-corrected chi connectivity index (χ1v) is 9.57. The molecule has 0 unspecified atom stereocenters. The second kappa shape index (κ2) is 11.5. The maximum absolute atomic E-state index is 12.0. The van der Waals surface area contributed by atoms with Gasteiger partial charge in [-0.05, 0) is 33.6 Å². The molecular weight excluding hydrogens is 413 g/mol. The third-order valence-corrected chi connectivity index (χ3v) is 6.21. The first-order chi connectivity index (χ1) is 9.67. The van der Waals surface area contributed by atoms with Crippen molar-refractivity contribution in [2.45, 2.75) is 59.1 Å². The van der Waals surface area contributed by atoms with Gasteiger partial charge in [-0.2, -0.15) is 0 Å². The summed E-state index contributed by atoms with van der Waals surface area (Å²) >= 11 is 0. The highest BCUT2D eigenvalue weighted by Crippen LogP contribution is 2.15. The minimum absolute atomic E-state index is 0. The van der Waals surface area contributed by atoms with E-state index >= 15 is 0 Å². The van der Waals surface area contributed by atoms with Crippen LogP contribution in [0.5, 0.6) is 0 Å². The van der Waals surface area contributed by atoms with E-state index in [2.05, 4.69) is 29.5 Å². The van der Waals surface area contributed by atoms with Gasteiger partial charge in [0.15, 0.2) is 15.8 Å². The van der Waals surface area contributed by atoms with Gasteiger partial charge in [0.25, 0.3) is 0 Å². The number of nitrogens with zero attached hydrogens (tertiary/aromatic N) is 1. The largest absolute Gasteiger partial charge is 0.357 e. The number of hydrogen-bond donors (Lipinski definition) is 2. The molecule has 0 fully saturated rings. The molecular formula is C15H34IN3O2S. The van der Waals surface area contributed by atoms with Gasteiger partial charge in [0, 0.05) is 19.6 Å². The molecule has 22 heavy (non-hydrogen) atoms. The van der Waals surface area contributed by atoms with Gasteiger partial charge < -0.3 is 10.6 Å². The second-order valence-electron chi connectivity index (χ2n) is 6.26. The van der Waals surface area contributed by atoms with Crippen LogP contribution in [0.25, 0.3) is 0 Å². The average molecular weight is 447 g/mol. The van der Waals surface area contributed by atoms with Gasteiger partial charge in [-0.25, -0.2) is 8.42 Å². The molecule has 2 N–H and O–H groups in total. The highest BCUT2D eigenvalue weighted by molar-refractivity contribution is 14.0. The Morgan fingerprint density at radius 2 is 1.64 bits per heavy atom. The predicted molar refractivity (Wildman–Crippen MR) is 107 cm³/mol. The third-order valence-electron chi connectivity index (χ3n) is 3.60. The number of guanidine groups is 1. The fourth-order valence-corrected chi connectivity index (χ4v) is 2.70. The molecule has 0 spiro atoms. The van der Waals surface area contributed by atoms with Crippen molar-refractivity contribution < 1.29 is 8.42 Å². The summed E-state index contributed by atoms with van der Waals surface area (Å²) in [4.78, 5) is 4.54. The van der Waals surface area contributed by atoms with Crippen LogP contribution in [0.4, 0.5) is 0 Å². The van der Waals surface area contributed by atoms with E-state index < -0.39 is 14.6 Å². The van der Waals surface area contributed by atoms with Gasteiger partial charge in [-0.15, -0.1) is 24.0 Å². The first kappa shape index (κ1) is 24.2. The van der Waals surface area contributed by atoms with Gasteiger partial charge in [-0.1, -0.05) is 26.7 Å².